The second kappa shape index (κ2) is 7.50. The fourth-order valence-corrected chi connectivity index (χ4v) is 4.37. The topological polar surface area (TPSA) is 59.8 Å². The molecule has 0 bridgehead atoms. The highest BCUT2D eigenvalue weighted by molar-refractivity contribution is 5.91. The fraction of sp³-hybridized carbons (Fsp3) is 0.381. The number of imidazole rings is 1. The molecule has 0 spiro atoms. The van der Waals surface area contributed by atoms with Gasteiger partial charge in [0.2, 0.25) is 5.91 Å². The van der Waals surface area contributed by atoms with E-state index in [1.807, 2.05) is 11.5 Å². The Kier molecular flexibility index (Phi) is 5.02. The van der Waals surface area contributed by atoms with Gasteiger partial charge in [0.25, 0.3) is 0 Å². The molecule has 1 fully saturated rings. The molecule has 3 aromatic rings. The fourth-order valence-electron chi connectivity index (χ4n) is 4.37. The summed E-state index contributed by atoms with van der Waals surface area (Å²) in [6.45, 7) is 3.95. The molecule has 0 aliphatic heterocycles. The average Bonchev–Trinajstić information content (AvgIpc) is 3.26. The largest absolute Gasteiger partial charge is 0.327 e. The van der Waals surface area contributed by atoms with Crippen LogP contribution in [0.3, 0.4) is 0 Å². The number of pyridine rings is 1. The molecule has 0 radical (unpaired) electrons. The van der Waals surface area contributed by atoms with Crippen molar-refractivity contribution in [2.45, 2.75) is 32.7 Å². The molecule has 4 rings (SSSR count). The van der Waals surface area contributed by atoms with Crippen molar-refractivity contribution in [3.05, 3.63) is 54.2 Å². The summed E-state index contributed by atoms with van der Waals surface area (Å²) in [5.74, 6) is -2.08. The highest BCUT2D eigenvalue weighted by Crippen LogP contribution is 2.44. The standard InChI is InChI=1S/C21H21F3N4O/c1-11-5-14(28-10-26-18-7-16(23)17(24)8-19(18)28)6-15(11)12(2)21(29)27-20-4-3-13(22)9-25-20/h3-4,7-12,14-15H,5-6H2,1-2H3,(H,25,27,29). The quantitative estimate of drug-likeness (QED) is 0.688. The van der Waals surface area contributed by atoms with Gasteiger partial charge in [-0.25, -0.2) is 23.1 Å². The number of carbonyl (C=O) groups excluding carboxylic acids is 1. The molecular formula is C21H21F3N4O. The first-order valence-corrected chi connectivity index (χ1v) is 9.57. The average molecular weight is 402 g/mol. The van der Waals surface area contributed by atoms with Crippen LogP contribution in [-0.2, 0) is 4.79 Å². The Balaban J connectivity index is 1.50. The minimum absolute atomic E-state index is 0.0454. The molecule has 152 valence electrons. The van der Waals surface area contributed by atoms with Crippen LogP contribution in [0.2, 0.25) is 0 Å². The number of rotatable bonds is 4. The molecule has 1 aliphatic carbocycles. The predicted molar refractivity (Wildman–Crippen MR) is 103 cm³/mol. The van der Waals surface area contributed by atoms with E-state index in [1.165, 1.54) is 18.2 Å². The first-order valence-electron chi connectivity index (χ1n) is 9.57. The van der Waals surface area contributed by atoms with E-state index in [0.717, 1.165) is 25.1 Å². The Morgan fingerprint density at radius 2 is 1.93 bits per heavy atom. The maximum Gasteiger partial charge on any atom is 0.228 e. The van der Waals surface area contributed by atoms with Crippen molar-refractivity contribution in [2.24, 2.45) is 17.8 Å². The second-order valence-corrected chi connectivity index (χ2v) is 7.81. The van der Waals surface area contributed by atoms with Crippen LogP contribution in [-0.4, -0.2) is 20.4 Å². The van der Waals surface area contributed by atoms with Crippen LogP contribution in [0.25, 0.3) is 11.0 Å². The van der Waals surface area contributed by atoms with Gasteiger partial charge in [0.15, 0.2) is 11.6 Å². The molecule has 1 aliphatic rings. The van der Waals surface area contributed by atoms with E-state index in [-0.39, 0.29) is 29.7 Å². The predicted octanol–water partition coefficient (Wildman–Crippen LogP) is 4.71. The van der Waals surface area contributed by atoms with Crippen LogP contribution in [0, 0.1) is 35.2 Å². The Morgan fingerprint density at radius 3 is 2.66 bits per heavy atom. The summed E-state index contributed by atoms with van der Waals surface area (Å²) in [6.07, 6.45) is 4.19. The van der Waals surface area contributed by atoms with Gasteiger partial charge in [-0.2, -0.15) is 0 Å². The minimum Gasteiger partial charge on any atom is -0.327 e. The van der Waals surface area contributed by atoms with Crippen molar-refractivity contribution in [3.63, 3.8) is 0 Å². The molecule has 5 nitrogen and oxygen atoms in total. The number of nitrogens with zero attached hydrogens (tertiary/aromatic N) is 3. The molecule has 2 heterocycles. The lowest BCUT2D eigenvalue weighted by Gasteiger charge is -2.22. The summed E-state index contributed by atoms with van der Waals surface area (Å²) in [4.78, 5) is 20.7. The van der Waals surface area contributed by atoms with Gasteiger partial charge < -0.3 is 9.88 Å². The highest BCUT2D eigenvalue weighted by Gasteiger charge is 2.38. The van der Waals surface area contributed by atoms with Crippen LogP contribution < -0.4 is 5.32 Å². The van der Waals surface area contributed by atoms with Crippen LogP contribution in [0.1, 0.15) is 32.7 Å². The first-order chi connectivity index (χ1) is 13.8. The summed E-state index contributed by atoms with van der Waals surface area (Å²) in [5.41, 5.74) is 0.961. The second-order valence-electron chi connectivity index (χ2n) is 7.81. The number of hydrogen-bond acceptors (Lipinski definition) is 3. The summed E-state index contributed by atoms with van der Waals surface area (Å²) < 4.78 is 42.0. The van der Waals surface area contributed by atoms with Crippen molar-refractivity contribution in [2.75, 3.05) is 5.32 Å². The molecule has 1 amide bonds. The Morgan fingerprint density at radius 1 is 1.17 bits per heavy atom. The van der Waals surface area contributed by atoms with Gasteiger partial charge in [-0.15, -0.1) is 0 Å². The van der Waals surface area contributed by atoms with Gasteiger partial charge in [0.1, 0.15) is 11.6 Å². The number of aromatic nitrogens is 3. The minimum atomic E-state index is -0.917. The van der Waals surface area contributed by atoms with Crippen molar-refractivity contribution < 1.29 is 18.0 Å². The summed E-state index contributed by atoms with van der Waals surface area (Å²) in [5, 5.41) is 2.73. The molecule has 0 saturated heterocycles. The van der Waals surface area contributed by atoms with E-state index < -0.39 is 17.5 Å². The highest BCUT2D eigenvalue weighted by atomic mass is 19.2. The van der Waals surface area contributed by atoms with Gasteiger partial charge in [-0.1, -0.05) is 13.8 Å². The summed E-state index contributed by atoms with van der Waals surface area (Å²) in [6, 6.07) is 4.98. The van der Waals surface area contributed by atoms with E-state index in [4.69, 9.17) is 0 Å². The lowest BCUT2D eigenvalue weighted by molar-refractivity contribution is -0.121. The zero-order valence-electron chi connectivity index (χ0n) is 16.1. The third-order valence-electron chi connectivity index (χ3n) is 5.96. The lowest BCUT2D eigenvalue weighted by atomic mass is 9.85. The number of hydrogen-bond donors (Lipinski definition) is 1. The monoisotopic (exact) mass is 402 g/mol. The number of halogens is 3. The molecule has 1 saturated carbocycles. The van der Waals surface area contributed by atoms with E-state index in [9.17, 15) is 18.0 Å². The molecule has 4 atom stereocenters. The Bertz CT molecular complexity index is 1050. The number of carbonyl (C=O) groups is 1. The molecule has 1 aromatic carbocycles. The number of nitrogens with one attached hydrogen (secondary N) is 1. The van der Waals surface area contributed by atoms with Crippen LogP contribution in [0.15, 0.2) is 36.8 Å². The number of amides is 1. The van der Waals surface area contributed by atoms with E-state index >= 15 is 0 Å². The van der Waals surface area contributed by atoms with Gasteiger partial charge in [-0.3, -0.25) is 4.79 Å². The van der Waals surface area contributed by atoms with Gasteiger partial charge in [-0.05, 0) is 36.8 Å². The smallest absolute Gasteiger partial charge is 0.228 e. The van der Waals surface area contributed by atoms with Crippen molar-refractivity contribution in [1.29, 1.82) is 0 Å². The Hall–Kier alpha value is -2.90. The maximum atomic E-state index is 13.7. The SMILES string of the molecule is CC1CC(n2cnc3cc(F)c(F)cc32)CC1C(C)C(=O)Nc1ccc(F)cn1. The number of fused-ring (bicyclic) bond motifs is 1. The molecule has 29 heavy (non-hydrogen) atoms. The molecule has 2 aromatic heterocycles. The number of benzene rings is 1. The third kappa shape index (κ3) is 3.71. The van der Waals surface area contributed by atoms with Crippen LogP contribution >= 0.6 is 0 Å². The van der Waals surface area contributed by atoms with Crippen LogP contribution in [0.5, 0.6) is 0 Å². The van der Waals surface area contributed by atoms with Crippen molar-refractivity contribution >= 4 is 22.8 Å². The third-order valence-corrected chi connectivity index (χ3v) is 5.96. The Labute approximate surface area is 166 Å². The molecule has 8 heteroatoms. The van der Waals surface area contributed by atoms with Crippen LogP contribution in [0.4, 0.5) is 19.0 Å². The summed E-state index contributed by atoms with van der Waals surface area (Å²) in [7, 11) is 0. The molecular weight excluding hydrogens is 381 g/mol. The first kappa shape index (κ1) is 19.4. The molecule has 4 unspecified atom stereocenters. The zero-order valence-corrected chi connectivity index (χ0v) is 16.1. The van der Waals surface area contributed by atoms with Gasteiger partial charge in [0, 0.05) is 24.1 Å². The van der Waals surface area contributed by atoms with Gasteiger partial charge in [0.05, 0.1) is 23.6 Å². The molecule has 1 N–H and O–H groups in total. The normalized spacial score (nSPS) is 22.7. The van der Waals surface area contributed by atoms with Gasteiger partial charge >= 0.3 is 0 Å². The maximum absolute atomic E-state index is 13.7. The van der Waals surface area contributed by atoms with Crippen molar-refractivity contribution in [1.82, 2.24) is 14.5 Å². The van der Waals surface area contributed by atoms with E-state index in [0.29, 0.717) is 16.9 Å². The van der Waals surface area contributed by atoms with Crippen molar-refractivity contribution in [3.8, 4) is 0 Å². The van der Waals surface area contributed by atoms with E-state index in [1.54, 1.807) is 6.33 Å². The van der Waals surface area contributed by atoms with E-state index in [2.05, 4.69) is 22.2 Å². The zero-order chi connectivity index (χ0) is 20.7. The summed E-state index contributed by atoms with van der Waals surface area (Å²) >= 11 is 0. The lowest BCUT2D eigenvalue weighted by Crippen LogP contribution is -2.28. The number of anilines is 1.